The number of anilines is 1. The number of fused-ring (bicyclic) bond motifs is 1. The summed E-state index contributed by atoms with van der Waals surface area (Å²) < 4.78 is 0. The second-order valence-corrected chi connectivity index (χ2v) is 7.10. The standard InChI is InChI=1S/C24H19N3O3/c1-15-7-3-4-8-18(15)23-14-20(19-9-5-6-10-21(19)25-23)24(28)26-22-13-17(27(29)30)12-11-16(22)2/h3-14H,1-2H3,(H,26,28). The van der Waals surface area contributed by atoms with Crippen LogP contribution in [-0.4, -0.2) is 15.8 Å². The van der Waals surface area contributed by atoms with Gasteiger partial charge >= 0.3 is 0 Å². The Hall–Kier alpha value is -4.06. The maximum atomic E-state index is 13.2. The van der Waals surface area contributed by atoms with Crippen LogP contribution in [0, 0.1) is 24.0 Å². The van der Waals surface area contributed by atoms with Gasteiger partial charge in [-0.3, -0.25) is 14.9 Å². The van der Waals surface area contributed by atoms with Crippen molar-refractivity contribution in [3.63, 3.8) is 0 Å². The quantitative estimate of drug-likeness (QED) is 0.355. The highest BCUT2D eigenvalue weighted by Crippen LogP contribution is 2.28. The summed E-state index contributed by atoms with van der Waals surface area (Å²) >= 11 is 0. The van der Waals surface area contributed by atoms with Gasteiger partial charge in [0.15, 0.2) is 0 Å². The zero-order chi connectivity index (χ0) is 21.3. The van der Waals surface area contributed by atoms with E-state index in [0.717, 1.165) is 22.1 Å². The molecule has 1 aromatic heterocycles. The lowest BCUT2D eigenvalue weighted by Crippen LogP contribution is -2.14. The number of nitrogens with zero attached hydrogens (tertiary/aromatic N) is 2. The maximum absolute atomic E-state index is 13.2. The van der Waals surface area contributed by atoms with E-state index in [-0.39, 0.29) is 11.6 Å². The Kier molecular flexibility index (Phi) is 4.98. The van der Waals surface area contributed by atoms with Crippen LogP contribution in [0.25, 0.3) is 22.2 Å². The zero-order valence-corrected chi connectivity index (χ0v) is 16.5. The first-order valence-electron chi connectivity index (χ1n) is 9.46. The molecule has 6 nitrogen and oxygen atoms in total. The highest BCUT2D eigenvalue weighted by atomic mass is 16.6. The van der Waals surface area contributed by atoms with Crippen LogP contribution in [0.5, 0.6) is 0 Å². The van der Waals surface area contributed by atoms with E-state index in [1.54, 1.807) is 19.1 Å². The number of hydrogen-bond donors (Lipinski definition) is 1. The minimum Gasteiger partial charge on any atom is -0.321 e. The lowest BCUT2D eigenvalue weighted by atomic mass is 10.0. The summed E-state index contributed by atoms with van der Waals surface area (Å²) in [5.74, 6) is -0.341. The van der Waals surface area contributed by atoms with Crippen LogP contribution in [0.15, 0.2) is 72.8 Å². The monoisotopic (exact) mass is 397 g/mol. The molecule has 0 bridgehead atoms. The second-order valence-electron chi connectivity index (χ2n) is 7.10. The Bertz CT molecular complexity index is 1300. The van der Waals surface area contributed by atoms with Crippen molar-refractivity contribution in [1.29, 1.82) is 0 Å². The summed E-state index contributed by atoms with van der Waals surface area (Å²) in [4.78, 5) is 28.6. The summed E-state index contributed by atoms with van der Waals surface area (Å²) in [5, 5.41) is 14.7. The number of nitro groups is 1. The topological polar surface area (TPSA) is 85.1 Å². The number of benzene rings is 3. The molecule has 30 heavy (non-hydrogen) atoms. The van der Waals surface area contributed by atoms with Gasteiger partial charge in [-0.25, -0.2) is 4.98 Å². The summed E-state index contributed by atoms with van der Waals surface area (Å²) in [5.41, 5.74) is 4.96. The molecular formula is C24H19N3O3. The first-order chi connectivity index (χ1) is 14.4. The average Bonchev–Trinajstić information content (AvgIpc) is 2.74. The van der Waals surface area contributed by atoms with Gasteiger partial charge < -0.3 is 5.32 Å². The largest absolute Gasteiger partial charge is 0.321 e. The molecule has 3 aromatic carbocycles. The molecule has 0 atom stereocenters. The Balaban J connectivity index is 1.82. The summed E-state index contributed by atoms with van der Waals surface area (Å²) in [6, 6.07) is 21.5. The number of aryl methyl sites for hydroxylation is 2. The molecule has 0 fully saturated rings. The molecule has 0 aliphatic carbocycles. The van der Waals surface area contributed by atoms with Gasteiger partial charge in [0.1, 0.15) is 0 Å². The SMILES string of the molecule is Cc1ccc([N+](=O)[O-])cc1NC(=O)c1cc(-c2ccccc2C)nc2ccccc12. The van der Waals surface area contributed by atoms with Gasteiger partial charge in [0, 0.05) is 23.1 Å². The molecule has 0 radical (unpaired) electrons. The average molecular weight is 397 g/mol. The summed E-state index contributed by atoms with van der Waals surface area (Å²) in [6.07, 6.45) is 0. The lowest BCUT2D eigenvalue weighted by Gasteiger charge is -2.13. The van der Waals surface area contributed by atoms with Gasteiger partial charge in [-0.1, -0.05) is 48.5 Å². The third kappa shape index (κ3) is 3.63. The number of nitro benzene ring substituents is 1. The third-order valence-electron chi connectivity index (χ3n) is 5.06. The number of hydrogen-bond acceptors (Lipinski definition) is 4. The number of non-ortho nitro benzene ring substituents is 1. The second kappa shape index (κ2) is 7.75. The zero-order valence-electron chi connectivity index (χ0n) is 16.5. The fourth-order valence-electron chi connectivity index (χ4n) is 3.41. The fourth-order valence-corrected chi connectivity index (χ4v) is 3.41. The van der Waals surface area contributed by atoms with Crippen molar-refractivity contribution in [2.75, 3.05) is 5.32 Å². The fraction of sp³-hybridized carbons (Fsp3) is 0.0833. The highest BCUT2D eigenvalue weighted by molar-refractivity contribution is 6.13. The van der Waals surface area contributed by atoms with Gasteiger partial charge in [-0.05, 0) is 37.1 Å². The van der Waals surface area contributed by atoms with E-state index in [1.807, 2.05) is 55.5 Å². The number of para-hydroxylation sites is 1. The number of nitrogens with one attached hydrogen (secondary N) is 1. The predicted molar refractivity (Wildman–Crippen MR) is 118 cm³/mol. The number of carbonyl (C=O) groups excluding carboxylic acids is 1. The molecule has 1 heterocycles. The van der Waals surface area contributed by atoms with Gasteiger partial charge in [0.2, 0.25) is 0 Å². The van der Waals surface area contributed by atoms with Crippen molar-refractivity contribution in [3.05, 3.63) is 99.6 Å². The van der Waals surface area contributed by atoms with Crippen molar-refractivity contribution >= 4 is 28.2 Å². The molecule has 6 heteroatoms. The lowest BCUT2D eigenvalue weighted by molar-refractivity contribution is -0.384. The molecule has 1 N–H and O–H groups in total. The molecule has 0 spiro atoms. The van der Waals surface area contributed by atoms with Gasteiger partial charge in [0.25, 0.3) is 11.6 Å². The molecule has 4 aromatic rings. The van der Waals surface area contributed by atoms with E-state index < -0.39 is 4.92 Å². The van der Waals surface area contributed by atoms with Gasteiger partial charge in [-0.15, -0.1) is 0 Å². The molecule has 1 amide bonds. The minimum absolute atomic E-state index is 0.0731. The van der Waals surface area contributed by atoms with Crippen LogP contribution >= 0.6 is 0 Å². The number of carbonyl (C=O) groups is 1. The molecule has 0 aliphatic rings. The Morgan fingerprint density at radius 2 is 1.67 bits per heavy atom. The van der Waals surface area contributed by atoms with Crippen molar-refractivity contribution in [1.82, 2.24) is 4.98 Å². The van der Waals surface area contributed by atoms with Crippen LogP contribution in [0.1, 0.15) is 21.5 Å². The van der Waals surface area contributed by atoms with Gasteiger partial charge in [0.05, 0.1) is 27.4 Å². The predicted octanol–water partition coefficient (Wildman–Crippen LogP) is 5.68. The van der Waals surface area contributed by atoms with Crippen LogP contribution in [0.3, 0.4) is 0 Å². The van der Waals surface area contributed by atoms with Crippen LogP contribution < -0.4 is 5.32 Å². The molecule has 0 saturated carbocycles. The third-order valence-corrected chi connectivity index (χ3v) is 5.06. The van der Waals surface area contributed by atoms with Crippen molar-refractivity contribution < 1.29 is 9.72 Å². The summed E-state index contributed by atoms with van der Waals surface area (Å²) in [6.45, 7) is 3.79. The van der Waals surface area contributed by atoms with Crippen LogP contribution in [-0.2, 0) is 0 Å². The van der Waals surface area contributed by atoms with E-state index in [2.05, 4.69) is 5.32 Å². The molecule has 0 unspecified atom stereocenters. The molecule has 0 aliphatic heterocycles. The van der Waals surface area contributed by atoms with Gasteiger partial charge in [-0.2, -0.15) is 0 Å². The van der Waals surface area contributed by atoms with Crippen molar-refractivity contribution in [2.45, 2.75) is 13.8 Å². The number of pyridine rings is 1. The smallest absolute Gasteiger partial charge is 0.271 e. The first-order valence-corrected chi connectivity index (χ1v) is 9.46. The van der Waals surface area contributed by atoms with E-state index >= 15 is 0 Å². The Morgan fingerprint density at radius 1 is 0.933 bits per heavy atom. The highest BCUT2D eigenvalue weighted by Gasteiger charge is 2.17. The Morgan fingerprint density at radius 3 is 2.43 bits per heavy atom. The summed E-state index contributed by atoms with van der Waals surface area (Å²) in [7, 11) is 0. The molecular weight excluding hydrogens is 378 g/mol. The number of aromatic nitrogens is 1. The van der Waals surface area contributed by atoms with E-state index in [9.17, 15) is 14.9 Å². The molecule has 148 valence electrons. The minimum atomic E-state index is -0.479. The maximum Gasteiger partial charge on any atom is 0.271 e. The van der Waals surface area contributed by atoms with Crippen molar-refractivity contribution in [2.24, 2.45) is 0 Å². The number of amides is 1. The van der Waals surface area contributed by atoms with Crippen LogP contribution in [0.2, 0.25) is 0 Å². The van der Waals surface area contributed by atoms with Crippen LogP contribution in [0.4, 0.5) is 11.4 Å². The van der Waals surface area contributed by atoms with E-state index in [4.69, 9.17) is 4.98 Å². The number of rotatable bonds is 4. The first kappa shape index (κ1) is 19.3. The van der Waals surface area contributed by atoms with Crippen molar-refractivity contribution in [3.8, 4) is 11.3 Å². The van der Waals surface area contributed by atoms with E-state index in [0.29, 0.717) is 22.5 Å². The normalized spacial score (nSPS) is 10.7. The Labute approximate surface area is 173 Å². The molecule has 4 rings (SSSR count). The molecule has 0 saturated heterocycles. The van der Waals surface area contributed by atoms with E-state index in [1.165, 1.54) is 12.1 Å².